The predicted octanol–water partition coefficient (Wildman–Crippen LogP) is 0.778. The predicted molar refractivity (Wildman–Crippen MR) is 44.6 cm³/mol. The monoisotopic (exact) mass is 220 g/mol. The summed E-state index contributed by atoms with van der Waals surface area (Å²) in [5, 5.41) is 0. The third-order valence-corrected chi connectivity index (χ3v) is 1.28. The van der Waals surface area contributed by atoms with E-state index in [4.69, 9.17) is 5.73 Å². The smallest absolute Gasteiger partial charge is 0.333 e. The van der Waals surface area contributed by atoms with Crippen molar-refractivity contribution in [2.45, 2.75) is 13.1 Å². The maximum absolute atomic E-state index is 11.8. The van der Waals surface area contributed by atoms with Gasteiger partial charge in [-0.3, -0.25) is 4.79 Å². The highest BCUT2D eigenvalue weighted by atomic mass is 35.5. The van der Waals surface area contributed by atoms with Crippen molar-refractivity contribution in [2.24, 2.45) is 5.73 Å². The maximum atomic E-state index is 11.8. The van der Waals surface area contributed by atoms with Crippen molar-refractivity contribution in [1.29, 1.82) is 0 Å². The molecule has 0 aromatic carbocycles. The fraction of sp³-hybridized carbons (Fsp3) is 0.833. The van der Waals surface area contributed by atoms with Crippen LogP contribution in [0.2, 0.25) is 0 Å². The summed E-state index contributed by atoms with van der Waals surface area (Å²) in [6.45, 7) is -0.113. The number of amides is 1. The lowest BCUT2D eigenvalue weighted by molar-refractivity contribution is -0.159. The molecule has 0 aromatic heterocycles. The van der Waals surface area contributed by atoms with Crippen LogP contribution in [0.4, 0.5) is 13.2 Å². The van der Waals surface area contributed by atoms with Crippen molar-refractivity contribution in [2.75, 3.05) is 19.6 Å². The molecule has 80 valence electrons. The lowest BCUT2D eigenvalue weighted by atomic mass is 10.4. The molecule has 0 saturated heterocycles. The summed E-state index contributed by atoms with van der Waals surface area (Å²) in [6, 6.07) is 0. The van der Waals surface area contributed by atoms with Crippen molar-refractivity contribution in [3.05, 3.63) is 0 Å². The van der Waals surface area contributed by atoms with E-state index in [0.717, 1.165) is 0 Å². The first-order valence-electron chi connectivity index (χ1n) is 3.45. The van der Waals surface area contributed by atoms with Crippen LogP contribution in [-0.4, -0.2) is 36.6 Å². The Labute approximate surface area is 80.5 Å². The van der Waals surface area contributed by atoms with E-state index in [-0.39, 0.29) is 25.5 Å². The summed E-state index contributed by atoms with van der Waals surface area (Å²) in [5.41, 5.74) is 4.91. The molecule has 0 spiro atoms. The fourth-order valence-corrected chi connectivity index (χ4v) is 0.722. The van der Waals surface area contributed by atoms with Crippen LogP contribution in [0, 0.1) is 0 Å². The molecule has 0 aliphatic rings. The number of nitrogens with zero attached hydrogens (tertiary/aromatic N) is 1. The zero-order valence-electron chi connectivity index (χ0n) is 7.10. The van der Waals surface area contributed by atoms with Crippen LogP contribution in [-0.2, 0) is 4.79 Å². The van der Waals surface area contributed by atoms with E-state index in [9.17, 15) is 18.0 Å². The highest BCUT2D eigenvalue weighted by Crippen LogP contribution is 2.15. The van der Waals surface area contributed by atoms with Crippen LogP contribution >= 0.6 is 12.4 Å². The van der Waals surface area contributed by atoms with Gasteiger partial charge < -0.3 is 10.6 Å². The summed E-state index contributed by atoms with van der Waals surface area (Å²) < 4.78 is 35.3. The second-order valence-corrected chi connectivity index (χ2v) is 2.23. The summed E-state index contributed by atoms with van der Waals surface area (Å²) in [6.07, 6.45) is -4.35. The van der Waals surface area contributed by atoms with Crippen LogP contribution in [0.25, 0.3) is 0 Å². The third kappa shape index (κ3) is 6.65. The Morgan fingerprint density at radius 3 is 2.15 bits per heavy atom. The normalized spacial score (nSPS) is 10.5. The first kappa shape index (κ1) is 15.0. The van der Waals surface area contributed by atoms with Crippen LogP contribution < -0.4 is 5.73 Å². The Balaban J connectivity index is 0. The number of carbonyl (C=O) groups excluding carboxylic acids is 1. The van der Waals surface area contributed by atoms with Gasteiger partial charge in [-0.2, -0.15) is 13.2 Å². The molecule has 0 aromatic rings. The minimum Gasteiger partial charge on any atom is -0.333 e. The van der Waals surface area contributed by atoms with Gasteiger partial charge in [-0.15, -0.1) is 12.4 Å². The Morgan fingerprint density at radius 1 is 1.46 bits per heavy atom. The molecule has 1 amide bonds. The minimum absolute atomic E-state index is 0. The molecule has 0 atom stereocenters. The first-order chi connectivity index (χ1) is 5.40. The van der Waals surface area contributed by atoms with Gasteiger partial charge in [0.15, 0.2) is 0 Å². The van der Waals surface area contributed by atoms with Gasteiger partial charge in [0.05, 0.1) is 6.54 Å². The molecule has 3 nitrogen and oxygen atoms in total. The van der Waals surface area contributed by atoms with Crippen molar-refractivity contribution in [3.8, 4) is 0 Å². The Morgan fingerprint density at radius 2 is 1.92 bits per heavy atom. The molecular weight excluding hydrogens is 209 g/mol. The largest absolute Gasteiger partial charge is 0.406 e. The number of hydrogen-bond acceptors (Lipinski definition) is 2. The quantitative estimate of drug-likeness (QED) is 0.764. The highest BCUT2D eigenvalue weighted by molar-refractivity contribution is 5.85. The molecule has 0 aliphatic heterocycles. The summed E-state index contributed by atoms with van der Waals surface area (Å²) >= 11 is 0. The zero-order chi connectivity index (χ0) is 9.78. The molecule has 2 N–H and O–H groups in total. The topological polar surface area (TPSA) is 46.3 Å². The third-order valence-electron chi connectivity index (χ3n) is 1.28. The molecule has 7 heteroatoms. The Hall–Kier alpha value is -0.490. The molecule has 0 aliphatic carbocycles. The van der Waals surface area contributed by atoms with Crippen LogP contribution in [0.3, 0.4) is 0 Å². The molecule has 0 fully saturated rings. The number of halogens is 4. The average Bonchev–Trinajstić information content (AvgIpc) is 1.97. The van der Waals surface area contributed by atoms with Crippen LogP contribution in [0.15, 0.2) is 0 Å². The summed E-state index contributed by atoms with van der Waals surface area (Å²) in [4.78, 5) is 11.4. The van der Waals surface area contributed by atoms with E-state index in [1.165, 1.54) is 6.92 Å². The molecule has 0 bridgehead atoms. The number of hydrogen-bond donors (Lipinski definition) is 1. The maximum Gasteiger partial charge on any atom is 0.406 e. The lowest BCUT2D eigenvalue weighted by Gasteiger charge is -2.21. The standard InChI is InChI=1S/C6H11F3N2O.ClH/c1-2-11(5(12)3-10)4-6(7,8)9;/h2-4,10H2,1H3;1H. The fourth-order valence-electron chi connectivity index (χ4n) is 0.722. The van der Waals surface area contributed by atoms with E-state index in [2.05, 4.69) is 0 Å². The van der Waals surface area contributed by atoms with E-state index < -0.39 is 18.6 Å². The highest BCUT2D eigenvalue weighted by Gasteiger charge is 2.31. The molecule has 0 saturated carbocycles. The second kappa shape index (κ2) is 6.04. The Kier molecular flexibility index (Phi) is 6.97. The second-order valence-electron chi connectivity index (χ2n) is 2.23. The average molecular weight is 221 g/mol. The first-order valence-corrected chi connectivity index (χ1v) is 3.45. The summed E-state index contributed by atoms with van der Waals surface area (Å²) in [5.74, 6) is -0.685. The van der Waals surface area contributed by atoms with Crippen molar-refractivity contribution in [3.63, 3.8) is 0 Å². The number of nitrogens with two attached hydrogens (primary N) is 1. The van der Waals surface area contributed by atoms with Crippen molar-refractivity contribution < 1.29 is 18.0 Å². The van der Waals surface area contributed by atoms with Gasteiger partial charge >= 0.3 is 6.18 Å². The van der Waals surface area contributed by atoms with Gasteiger partial charge in [0, 0.05) is 6.54 Å². The van der Waals surface area contributed by atoms with Gasteiger partial charge in [0.1, 0.15) is 6.54 Å². The number of alkyl halides is 3. The van der Waals surface area contributed by atoms with E-state index >= 15 is 0 Å². The summed E-state index contributed by atoms with van der Waals surface area (Å²) in [7, 11) is 0. The van der Waals surface area contributed by atoms with E-state index in [1.807, 2.05) is 0 Å². The van der Waals surface area contributed by atoms with Crippen molar-refractivity contribution in [1.82, 2.24) is 4.90 Å². The van der Waals surface area contributed by atoms with Crippen LogP contribution in [0.5, 0.6) is 0 Å². The van der Waals surface area contributed by atoms with Crippen molar-refractivity contribution >= 4 is 18.3 Å². The van der Waals surface area contributed by atoms with Gasteiger partial charge in [-0.1, -0.05) is 0 Å². The SMILES string of the molecule is CCN(CC(F)(F)F)C(=O)CN.Cl. The molecule has 0 rings (SSSR count). The van der Waals surface area contributed by atoms with E-state index in [1.54, 1.807) is 0 Å². The molecular formula is C6H12ClF3N2O. The van der Waals surface area contributed by atoms with Gasteiger partial charge in [-0.05, 0) is 6.92 Å². The molecule has 13 heavy (non-hydrogen) atoms. The van der Waals surface area contributed by atoms with Crippen LogP contribution in [0.1, 0.15) is 6.92 Å². The molecule has 0 radical (unpaired) electrons. The zero-order valence-corrected chi connectivity index (χ0v) is 7.91. The minimum atomic E-state index is -4.35. The number of likely N-dealkylation sites (N-methyl/N-ethyl adjacent to an activating group) is 1. The van der Waals surface area contributed by atoms with E-state index in [0.29, 0.717) is 4.90 Å². The number of carbonyl (C=O) groups is 1. The number of rotatable bonds is 3. The van der Waals surface area contributed by atoms with Gasteiger partial charge in [0.25, 0.3) is 0 Å². The Bertz CT molecular complexity index is 162. The van der Waals surface area contributed by atoms with Gasteiger partial charge in [-0.25, -0.2) is 0 Å². The molecule has 0 heterocycles. The molecule has 0 unspecified atom stereocenters. The van der Waals surface area contributed by atoms with Gasteiger partial charge in [0.2, 0.25) is 5.91 Å². The lowest BCUT2D eigenvalue weighted by Crippen LogP contribution is -2.41.